The van der Waals surface area contributed by atoms with Gasteiger partial charge in [0, 0.05) is 34.4 Å². The molecule has 1 atom stereocenters. The molecule has 0 amide bonds. The number of aliphatic hydroxyl groups is 1. The molecule has 0 aliphatic rings. The molecule has 0 fully saturated rings. The highest BCUT2D eigenvalue weighted by atomic mass is 79.9. The molecule has 0 bridgehead atoms. The van der Waals surface area contributed by atoms with Crippen LogP contribution in [0.3, 0.4) is 0 Å². The number of aryl methyl sites for hydroxylation is 1. The van der Waals surface area contributed by atoms with Crippen LogP contribution in [0.25, 0.3) is 10.9 Å². The van der Waals surface area contributed by atoms with E-state index in [9.17, 15) is 5.11 Å². The summed E-state index contributed by atoms with van der Waals surface area (Å²) in [4.78, 5) is 4.41. The molecule has 0 radical (unpaired) electrons. The lowest BCUT2D eigenvalue weighted by molar-refractivity contribution is 0.209. The van der Waals surface area contributed by atoms with Crippen LogP contribution in [0.4, 0.5) is 0 Å². The molecule has 5 heteroatoms. The molecule has 0 aliphatic carbocycles. The van der Waals surface area contributed by atoms with Gasteiger partial charge in [-0.05, 0) is 25.1 Å². The van der Waals surface area contributed by atoms with Crippen LogP contribution in [-0.2, 0) is 6.54 Å². The third-order valence-electron chi connectivity index (χ3n) is 3.37. The van der Waals surface area contributed by atoms with Crippen molar-refractivity contribution in [2.24, 2.45) is 0 Å². The number of rotatable bonds is 3. The van der Waals surface area contributed by atoms with Crippen molar-refractivity contribution in [3.8, 4) is 0 Å². The number of pyridine rings is 1. The maximum Gasteiger partial charge on any atom is 0.123 e. The Hall–Kier alpha value is -1.72. The number of fused-ring (bicyclic) bond motifs is 1. The van der Waals surface area contributed by atoms with E-state index in [4.69, 9.17) is 0 Å². The molecule has 4 nitrogen and oxygen atoms in total. The normalized spacial score (nSPS) is 12.8. The first-order chi connectivity index (χ1) is 9.72. The monoisotopic (exact) mass is 331 g/mol. The number of hydrogen-bond donors (Lipinski definition) is 1. The standard InChI is InChI=1S/C15H14BrN3O/c1-2-19-13(7-9-18-19)15(20)11-5-6-12(16)10-4-3-8-17-14(10)11/h3-9,15,20H,2H2,1H3. The summed E-state index contributed by atoms with van der Waals surface area (Å²) in [5.74, 6) is 0. The van der Waals surface area contributed by atoms with Gasteiger partial charge in [-0.3, -0.25) is 9.67 Å². The lowest BCUT2D eigenvalue weighted by Crippen LogP contribution is -2.09. The molecule has 0 saturated carbocycles. The fourth-order valence-corrected chi connectivity index (χ4v) is 2.83. The summed E-state index contributed by atoms with van der Waals surface area (Å²) in [6, 6.07) is 9.55. The minimum Gasteiger partial charge on any atom is -0.382 e. The van der Waals surface area contributed by atoms with Crippen molar-refractivity contribution in [1.82, 2.24) is 14.8 Å². The average Bonchev–Trinajstić information content (AvgIpc) is 2.96. The summed E-state index contributed by atoms with van der Waals surface area (Å²) in [5, 5.41) is 15.9. The molecule has 0 aliphatic heterocycles. The van der Waals surface area contributed by atoms with Crippen LogP contribution in [0.15, 0.2) is 47.2 Å². The Labute approximate surface area is 125 Å². The Balaban J connectivity index is 2.17. The van der Waals surface area contributed by atoms with Gasteiger partial charge in [0.1, 0.15) is 6.10 Å². The van der Waals surface area contributed by atoms with E-state index in [0.29, 0.717) is 0 Å². The molecule has 20 heavy (non-hydrogen) atoms. The third-order valence-corrected chi connectivity index (χ3v) is 4.06. The molecule has 2 heterocycles. The largest absolute Gasteiger partial charge is 0.382 e. The molecule has 3 aromatic rings. The Morgan fingerprint density at radius 1 is 1.25 bits per heavy atom. The predicted molar refractivity (Wildman–Crippen MR) is 81.4 cm³/mol. The zero-order valence-electron chi connectivity index (χ0n) is 11.0. The highest BCUT2D eigenvalue weighted by molar-refractivity contribution is 9.10. The number of nitrogens with zero attached hydrogens (tertiary/aromatic N) is 3. The summed E-state index contributed by atoms with van der Waals surface area (Å²) in [7, 11) is 0. The predicted octanol–water partition coefficient (Wildman–Crippen LogP) is 3.30. The summed E-state index contributed by atoms with van der Waals surface area (Å²) in [6.07, 6.45) is 2.71. The van der Waals surface area contributed by atoms with E-state index in [0.717, 1.165) is 33.2 Å². The second kappa shape index (κ2) is 5.34. The molecule has 0 spiro atoms. The van der Waals surface area contributed by atoms with Crippen LogP contribution < -0.4 is 0 Å². The quantitative estimate of drug-likeness (QED) is 0.801. The van der Waals surface area contributed by atoms with Crippen molar-refractivity contribution in [1.29, 1.82) is 0 Å². The van der Waals surface area contributed by atoms with E-state index in [1.165, 1.54) is 0 Å². The van der Waals surface area contributed by atoms with Crippen molar-refractivity contribution >= 4 is 26.8 Å². The first-order valence-corrected chi connectivity index (χ1v) is 7.24. The van der Waals surface area contributed by atoms with Gasteiger partial charge in [-0.25, -0.2) is 0 Å². The van der Waals surface area contributed by atoms with Crippen LogP contribution in [0.1, 0.15) is 24.3 Å². The minimum atomic E-state index is -0.733. The summed E-state index contributed by atoms with van der Waals surface area (Å²) in [5.41, 5.74) is 2.37. The van der Waals surface area contributed by atoms with Crippen molar-refractivity contribution in [2.45, 2.75) is 19.6 Å². The molecule has 1 N–H and O–H groups in total. The van der Waals surface area contributed by atoms with Gasteiger partial charge in [-0.15, -0.1) is 0 Å². The van der Waals surface area contributed by atoms with Crippen molar-refractivity contribution < 1.29 is 5.11 Å². The average molecular weight is 332 g/mol. The zero-order chi connectivity index (χ0) is 14.1. The minimum absolute atomic E-state index is 0.723. The number of benzene rings is 1. The van der Waals surface area contributed by atoms with Gasteiger partial charge in [0.05, 0.1) is 11.2 Å². The van der Waals surface area contributed by atoms with E-state index in [1.54, 1.807) is 17.1 Å². The van der Waals surface area contributed by atoms with Gasteiger partial charge in [-0.2, -0.15) is 5.10 Å². The van der Waals surface area contributed by atoms with E-state index in [-0.39, 0.29) is 0 Å². The summed E-state index contributed by atoms with van der Waals surface area (Å²) in [6.45, 7) is 2.72. The molecule has 1 aromatic carbocycles. The second-order valence-corrected chi connectivity index (χ2v) is 5.36. The number of hydrogen-bond acceptors (Lipinski definition) is 3. The highest BCUT2D eigenvalue weighted by Crippen LogP contribution is 2.31. The van der Waals surface area contributed by atoms with Crippen LogP contribution >= 0.6 is 15.9 Å². The van der Waals surface area contributed by atoms with Gasteiger partial charge in [0.15, 0.2) is 0 Å². The fourth-order valence-electron chi connectivity index (χ4n) is 2.38. The third kappa shape index (κ3) is 2.13. The second-order valence-electron chi connectivity index (χ2n) is 4.51. The van der Waals surface area contributed by atoms with Crippen LogP contribution in [-0.4, -0.2) is 19.9 Å². The molecular weight excluding hydrogens is 318 g/mol. The molecule has 102 valence electrons. The maximum absolute atomic E-state index is 10.7. The van der Waals surface area contributed by atoms with Crippen LogP contribution in [0.5, 0.6) is 0 Å². The Kier molecular flexibility index (Phi) is 3.54. The molecule has 0 saturated heterocycles. The Bertz CT molecular complexity index is 754. The van der Waals surface area contributed by atoms with E-state index in [1.807, 2.05) is 37.3 Å². The fraction of sp³-hybridized carbons (Fsp3) is 0.200. The highest BCUT2D eigenvalue weighted by Gasteiger charge is 2.18. The number of aliphatic hydroxyl groups excluding tert-OH is 1. The number of halogens is 1. The Morgan fingerprint density at radius 3 is 2.90 bits per heavy atom. The van der Waals surface area contributed by atoms with Crippen LogP contribution in [0, 0.1) is 0 Å². The van der Waals surface area contributed by atoms with Gasteiger partial charge < -0.3 is 5.11 Å². The molecule has 1 unspecified atom stereocenters. The topological polar surface area (TPSA) is 50.9 Å². The van der Waals surface area contributed by atoms with Crippen molar-refractivity contribution in [3.63, 3.8) is 0 Å². The first-order valence-electron chi connectivity index (χ1n) is 6.45. The lowest BCUT2D eigenvalue weighted by Gasteiger charge is -2.15. The SMILES string of the molecule is CCn1nccc1C(O)c1ccc(Br)c2cccnc12. The summed E-state index contributed by atoms with van der Waals surface area (Å²) < 4.78 is 2.77. The first kappa shape index (κ1) is 13.3. The van der Waals surface area contributed by atoms with Gasteiger partial charge >= 0.3 is 0 Å². The van der Waals surface area contributed by atoms with Gasteiger partial charge in [0.2, 0.25) is 0 Å². The van der Waals surface area contributed by atoms with Gasteiger partial charge in [-0.1, -0.05) is 28.1 Å². The zero-order valence-corrected chi connectivity index (χ0v) is 12.6. The Morgan fingerprint density at radius 2 is 2.10 bits per heavy atom. The lowest BCUT2D eigenvalue weighted by atomic mass is 10.0. The number of aromatic nitrogens is 3. The summed E-state index contributed by atoms with van der Waals surface area (Å²) >= 11 is 3.52. The van der Waals surface area contributed by atoms with E-state index < -0.39 is 6.10 Å². The van der Waals surface area contributed by atoms with Crippen LogP contribution in [0.2, 0.25) is 0 Å². The van der Waals surface area contributed by atoms with Crippen molar-refractivity contribution in [3.05, 3.63) is 58.5 Å². The molecular formula is C15H14BrN3O. The molecule has 3 rings (SSSR count). The molecule has 2 aromatic heterocycles. The van der Waals surface area contributed by atoms with Gasteiger partial charge in [0.25, 0.3) is 0 Å². The smallest absolute Gasteiger partial charge is 0.123 e. The van der Waals surface area contributed by atoms with Crippen molar-refractivity contribution in [2.75, 3.05) is 0 Å². The van der Waals surface area contributed by atoms with E-state index >= 15 is 0 Å². The van der Waals surface area contributed by atoms with E-state index in [2.05, 4.69) is 26.0 Å². The maximum atomic E-state index is 10.7.